The quantitative estimate of drug-likeness (QED) is 0.651. The highest BCUT2D eigenvalue weighted by Gasteiger charge is 2.23. The van der Waals surface area contributed by atoms with Gasteiger partial charge in [0.15, 0.2) is 5.96 Å². The monoisotopic (exact) mass is 356 g/mol. The Morgan fingerprint density at radius 2 is 1.77 bits per heavy atom. The minimum absolute atomic E-state index is 0.165. The van der Waals surface area contributed by atoms with Crippen molar-refractivity contribution in [2.45, 2.75) is 39.0 Å². The molecule has 5 nitrogen and oxygen atoms in total. The van der Waals surface area contributed by atoms with Gasteiger partial charge in [-0.3, -0.25) is 4.79 Å². The maximum atomic E-state index is 12.6. The van der Waals surface area contributed by atoms with Crippen LogP contribution in [0.5, 0.6) is 0 Å². The number of hydrogen-bond acceptors (Lipinski definition) is 2. The Kier molecular flexibility index (Phi) is 6.92. The van der Waals surface area contributed by atoms with Gasteiger partial charge in [-0.15, -0.1) is 0 Å². The second-order valence-electron chi connectivity index (χ2n) is 7.38. The fraction of sp³-hybridized carbons (Fsp3) is 0.619. The Labute approximate surface area is 157 Å². The highest BCUT2D eigenvalue weighted by molar-refractivity contribution is 5.85. The number of guanidine groups is 1. The Hall–Kier alpha value is -2.04. The number of piperidine rings is 1. The third-order valence-corrected chi connectivity index (χ3v) is 5.44. The minimum atomic E-state index is 0.165. The van der Waals surface area contributed by atoms with Gasteiger partial charge in [0.25, 0.3) is 0 Å². The number of hydrogen-bond donors (Lipinski definition) is 1. The highest BCUT2D eigenvalue weighted by Crippen LogP contribution is 2.21. The molecule has 1 aromatic carbocycles. The first kappa shape index (κ1) is 18.7. The molecule has 0 aliphatic carbocycles. The molecule has 5 heteroatoms. The van der Waals surface area contributed by atoms with Crippen molar-refractivity contribution in [1.82, 2.24) is 15.1 Å². The van der Waals surface area contributed by atoms with Gasteiger partial charge in [-0.05, 0) is 50.5 Å². The molecule has 2 aliphatic heterocycles. The molecule has 2 saturated heterocycles. The lowest BCUT2D eigenvalue weighted by Crippen LogP contribution is -2.42. The van der Waals surface area contributed by atoms with Crippen LogP contribution in [0.2, 0.25) is 0 Å². The van der Waals surface area contributed by atoms with Crippen molar-refractivity contribution in [3.63, 3.8) is 0 Å². The molecule has 2 heterocycles. The molecule has 142 valence electrons. The molecule has 0 saturated carbocycles. The summed E-state index contributed by atoms with van der Waals surface area (Å²) in [7, 11) is 0. The summed E-state index contributed by atoms with van der Waals surface area (Å²) >= 11 is 0. The van der Waals surface area contributed by atoms with Crippen molar-refractivity contribution in [2.24, 2.45) is 10.9 Å². The molecule has 0 atom stereocenters. The van der Waals surface area contributed by atoms with Crippen LogP contribution < -0.4 is 5.32 Å². The molecule has 0 radical (unpaired) electrons. The van der Waals surface area contributed by atoms with Crippen molar-refractivity contribution in [3.05, 3.63) is 35.9 Å². The molecule has 2 aliphatic rings. The second-order valence-corrected chi connectivity index (χ2v) is 7.38. The molecule has 0 unspecified atom stereocenters. The lowest BCUT2D eigenvalue weighted by atomic mass is 9.90. The van der Waals surface area contributed by atoms with Crippen LogP contribution in [-0.4, -0.2) is 60.9 Å². The maximum Gasteiger partial charge on any atom is 0.244 e. The molecular formula is C21H32N4O. The average Bonchev–Trinajstić information content (AvgIpc) is 3.21. The number of likely N-dealkylation sites (tertiary alicyclic amines) is 2. The zero-order valence-electron chi connectivity index (χ0n) is 16.0. The van der Waals surface area contributed by atoms with Gasteiger partial charge in [0.1, 0.15) is 6.54 Å². The minimum Gasteiger partial charge on any atom is -0.357 e. The maximum absolute atomic E-state index is 12.6. The van der Waals surface area contributed by atoms with Crippen LogP contribution in [0.3, 0.4) is 0 Å². The van der Waals surface area contributed by atoms with Crippen molar-refractivity contribution in [2.75, 3.05) is 39.3 Å². The van der Waals surface area contributed by atoms with Crippen molar-refractivity contribution < 1.29 is 4.79 Å². The van der Waals surface area contributed by atoms with E-state index < -0.39 is 0 Å². The van der Waals surface area contributed by atoms with E-state index >= 15 is 0 Å². The largest absolute Gasteiger partial charge is 0.357 e. The Morgan fingerprint density at radius 3 is 2.42 bits per heavy atom. The Balaban J connectivity index is 1.46. The fourth-order valence-electron chi connectivity index (χ4n) is 3.93. The van der Waals surface area contributed by atoms with Gasteiger partial charge in [-0.2, -0.15) is 0 Å². The summed E-state index contributed by atoms with van der Waals surface area (Å²) in [5.74, 6) is 1.75. The van der Waals surface area contributed by atoms with Gasteiger partial charge >= 0.3 is 0 Å². The van der Waals surface area contributed by atoms with E-state index in [1.807, 2.05) is 4.90 Å². The lowest BCUT2D eigenvalue weighted by Gasteiger charge is -2.32. The zero-order chi connectivity index (χ0) is 18.2. The van der Waals surface area contributed by atoms with E-state index in [9.17, 15) is 4.79 Å². The molecule has 26 heavy (non-hydrogen) atoms. The van der Waals surface area contributed by atoms with Crippen molar-refractivity contribution in [1.29, 1.82) is 0 Å². The highest BCUT2D eigenvalue weighted by atomic mass is 16.2. The average molecular weight is 357 g/mol. The van der Waals surface area contributed by atoms with Gasteiger partial charge in [-0.25, -0.2) is 4.99 Å². The van der Waals surface area contributed by atoms with Crippen LogP contribution in [0.1, 0.15) is 38.2 Å². The molecule has 1 N–H and O–H groups in total. The van der Waals surface area contributed by atoms with E-state index in [2.05, 4.69) is 52.5 Å². The smallest absolute Gasteiger partial charge is 0.244 e. The summed E-state index contributed by atoms with van der Waals surface area (Å²) in [6.45, 7) is 7.01. The lowest BCUT2D eigenvalue weighted by molar-refractivity contribution is -0.131. The zero-order valence-corrected chi connectivity index (χ0v) is 16.0. The first-order chi connectivity index (χ1) is 12.8. The van der Waals surface area contributed by atoms with E-state index in [0.717, 1.165) is 57.9 Å². The van der Waals surface area contributed by atoms with Gasteiger partial charge in [0.2, 0.25) is 5.91 Å². The molecule has 0 aromatic heterocycles. The molecule has 2 fully saturated rings. The van der Waals surface area contributed by atoms with Crippen LogP contribution in [0.4, 0.5) is 0 Å². The number of benzene rings is 1. The number of rotatable bonds is 5. The molecule has 0 spiro atoms. The SMILES string of the molecule is CCNC(=NCC(=O)N1CCC(Cc2ccccc2)CC1)N1CCCC1. The fourth-order valence-corrected chi connectivity index (χ4v) is 3.93. The number of nitrogens with zero attached hydrogens (tertiary/aromatic N) is 3. The van der Waals surface area contributed by atoms with Crippen LogP contribution in [0.15, 0.2) is 35.3 Å². The third-order valence-electron chi connectivity index (χ3n) is 5.44. The number of nitrogens with one attached hydrogen (secondary N) is 1. The first-order valence-electron chi connectivity index (χ1n) is 10.1. The van der Waals surface area contributed by atoms with Crippen LogP contribution in [-0.2, 0) is 11.2 Å². The predicted octanol–water partition coefficient (Wildman–Crippen LogP) is 2.53. The number of carbonyl (C=O) groups excluding carboxylic acids is 1. The number of amides is 1. The summed E-state index contributed by atoms with van der Waals surface area (Å²) in [5, 5.41) is 3.32. The Morgan fingerprint density at radius 1 is 1.08 bits per heavy atom. The van der Waals surface area contributed by atoms with E-state index in [1.165, 1.54) is 18.4 Å². The summed E-state index contributed by atoms with van der Waals surface area (Å²) in [4.78, 5) is 21.4. The van der Waals surface area contributed by atoms with E-state index in [1.54, 1.807) is 0 Å². The molecule has 0 bridgehead atoms. The van der Waals surface area contributed by atoms with Gasteiger partial charge in [0.05, 0.1) is 0 Å². The molecule has 1 aromatic rings. The standard InChI is InChI=1S/C21H32N4O/c1-2-22-21(25-12-6-7-13-25)23-17-20(26)24-14-10-19(11-15-24)16-18-8-4-3-5-9-18/h3-5,8-9,19H,2,6-7,10-17H2,1H3,(H,22,23). The normalized spacial score (nSPS) is 19.0. The molecule has 1 amide bonds. The van der Waals surface area contributed by atoms with Gasteiger partial charge in [0, 0.05) is 32.7 Å². The first-order valence-corrected chi connectivity index (χ1v) is 10.1. The number of carbonyl (C=O) groups is 1. The molecular weight excluding hydrogens is 324 g/mol. The van der Waals surface area contributed by atoms with E-state index in [0.29, 0.717) is 5.92 Å². The summed E-state index contributed by atoms with van der Waals surface area (Å²) in [6, 6.07) is 10.7. The van der Waals surface area contributed by atoms with Crippen molar-refractivity contribution >= 4 is 11.9 Å². The van der Waals surface area contributed by atoms with Crippen molar-refractivity contribution in [3.8, 4) is 0 Å². The summed E-state index contributed by atoms with van der Waals surface area (Å²) in [6.07, 6.45) is 5.74. The predicted molar refractivity (Wildman–Crippen MR) is 106 cm³/mol. The van der Waals surface area contributed by atoms with E-state index in [-0.39, 0.29) is 12.5 Å². The van der Waals surface area contributed by atoms with Crippen LogP contribution in [0, 0.1) is 5.92 Å². The topological polar surface area (TPSA) is 47.9 Å². The summed E-state index contributed by atoms with van der Waals surface area (Å²) < 4.78 is 0. The third kappa shape index (κ3) is 5.23. The number of aliphatic imine (C=N–C) groups is 1. The van der Waals surface area contributed by atoms with Crippen LogP contribution in [0.25, 0.3) is 0 Å². The van der Waals surface area contributed by atoms with Gasteiger partial charge < -0.3 is 15.1 Å². The summed E-state index contributed by atoms with van der Waals surface area (Å²) in [5.41, 5.74) is 1.41. The van der Waals surface area contributed by atoms with Gasteiger partial charge in [-0.1, -0.05) is 30.3 Å². The molecule has 3 rings (SSSR count). The van der Waals surface area contributed by atoms with E-state index in [4.69, 9.17) is 0 Å². The van der Waals surface area contributed by atoms with Crippen LogP contribution >= 0.6 is 0 Å². The second kappa shape index (κ2) is 9.60. The Bertz CT molecular complexity index is 587.